The molecule has 1 saturated heterocycles. The standard InChI is InChI=1S/C11H12Br2N2O2/c12-7-5-8(17-9(7)13)10(16)15-4-3-14-11(6-15)1-2-11/h5,14H,1-4,6H2. The van der Waals surface area contributed by atoms with Crippen LogP contribution in [0.1, 0.15) is 23.4 Å². The lowest BCUT2D eigenvalue weighted by Gasteiger charge is -2.33. The molecule has 0 unspecified atom stereocenters. The van der Waals surface area contributed by atoms with Crippen LogP contribution in [0, 0.1) is 0 Å². The van der Waals surface area contributed by atoms with Gasteiger partial charge in [0.1, 0.15) is 0 Å². The summed E-state index contributed by atoms with van der Waals surface area (Å²) < 4.78 is 6.72. The summed E-state index contributed by atoms with van der Waals surface area (Å²) in [5, 5.41) is 3.48. The lowest BCUT2D eigenvalue weighted by atomic mass is 10.2. The highest BCUT2D eigenvalue weighted by atomic mass is 79.9. The summed E-state index contributed by atoms with van der Waals surface area (Å²) in [6, 6.07) is 1.72. The van der Waals surface area contributed by atoms with Crippen molar-refractivity contribution in [3.63, 3.8) is 0 Å². The fourth-order valence-electron chi connectivity index (χ4n) is 2.22. The molecule has 2 aliphatic rings. The van der Waals surface area contributed by atoms with Crippen molar-refractivity contribution in [3.05, 3.63) is 21.0 Å². The number of furan rings is 1. The van der Waals surface area contributed by atoms with E-state index in [-0.39, 0.29) is 11.4 Å². The van der Waals surface area contributed by atoms with E-state index >= 15 is 0 Å². The second-order valence-electron chi connectivity index (χ2n) is 4.67. The summed E-state index contributed by atoms with van der Waals surface area (Å²) in [6.07, 6.45) is 2.34. The molecule has 92 valence electrons. The zero-order chi connectivity index (χ0) is 12.0. The Bertz CT molecular complexity index is 449. The van der Waals surface area contributed by atoms with Gasteiger partial charge in [-0.05, 0) is 44.7 Å². The van der Waals surface area contributed by atoms with E-state index in [0.717, 1.165) is 24.1 Å². The molecule has 0 atom stereocenters. The maximum atomic E-state index is 12.2. The molecule has 17 heavy (non-hydrogen) atoms. The molecule has 1 amide bonds. The van der Waals surface area contributed by atoms with E-state index in [1.54, 1.807) is 6.07 Å². The molecule has 0 aromatic carbocycles. The maximum Gasteiger partial charge on any atom is 0.289 e. The van der Waals surface area contributed by atoms with Crippen LogP contribution in [0.5, 0.6) is 0 Å². The molecule has 1 aliphatic heterocycles. The van der Waals surface area contributed by atoms with Crippen molar-refractivity contribution in [2.24, 2.45) is 0 Å². The number of amides is 1. The van der Waals surface area contributed by atoms with Gasteiger partial charge >= 0.3 is 0 Å². The summed E-state index contributed by atoms with van der Waals surface area (Å²) in [5.41, 5.74) is 0.203. The van der Waals surface area contributed by atoms with Crippen molar-refractivity contribution >= 4 is 37.8 Å². The first-order chi connectivity index (χ1) is 8.10. The lowest BCUT2D eigenvalue weighted by molar-refractivity contribution is 0.0658. The Morgan fingerprint density at radius 3 is 2.82 bits per heavy atom. The van der Waals surface area contributed by atoms with Gasteiger partial charge in [-0.2, -0.15) is 0 Å². The van der Waals surface area contributed by atoms with E-state index < -0.39 is 0 Å². The predicted octanol–water partition coefficient (Wildman–Crippen LogP) is 2.38. The minimum Gasteiger partial charge on any atom is -0.443 e. The van der Waals surface area contributed by atoms with Crippen LogP contribution < -0.4 is 5.32 Å². The van der Waals surface area contributed by atoms with Gasteiger partial charge in [0.2, 0.25) is 0 Å². The van der Waals surface area contributed by atoms with Crippen molar-refractivity contribution in [3.8, 4) is 0 Å². The van der Waals surface area contributed by atoms with Gasteiger partial charge in [0.15, 0.2) is 10.4 Å². The predicted molar refractivity (Wildman–Crippen MR) is 70.0 cm³/mol. The van der Waals surface area contributed by atoms with Crippen molar-refractivity contribution < 1.29 is 9.21 Å². The van der Waals surface area contributed by atoms with Crippen LogP contribution in [0.4, 0.5) is 0 Å². The van der Waals surface area contributed by atoms with Gasteiger partial charge < -0.3 is 14.6 Å². The first-order valence-electron chi connectivity index (χ1n) is 5.59. The molecule has 1 aromatic heterocycles. The Labute approximate surface area is 116 Å². The first-order valence-corrected chi connectivity index (χ1v) is 7.17. The molecule has 1 aromatic rings. The number of nitrogens with one attached hydrogen (secondary N) is 1. The molecular formula is C11H12Br2N2O2. The lowest BCUT2D eigenvalue weighted by Crippen LogP contribution is -2.54. The number of rotatable bonds is 1. The number of hydrogen-bond acceptors (Lipinski definition) is 3. The molecular weight excluding hydrogens is 352 g/mol. The third kappa shape index (κ3) is 2.18. The van der Waals surface area contributed by atoms with E-state index in [1.807, 2.05) is 4.90 Å². The van der Waals surface area contributed by atoms with Gasteiger partial charge in [-0.25, -0.2) is 0 Å². The number of carbonyl (C=O) groups is 1. The number of piperazine rings is 1. The van der Waals surface area contributed by atoms with Gasteiger partial charge in [-0.1, -0.05) is 0 Å². The van der Waals surface area contributed by atoms with Crippen LogP contribution in [-0.4, -0.2) is 36.0 Å². The molecule has 1 saturated carbocycles. The highest BCUT2D eigenvalue weighted by Crippen LogP contribution is 2.38. The van der Waals surface area contributed by atoms with E-state index in [0.29, 0.717) is 10.4 Å². The molecule has 2 fully saturated rings. The van der Waals surface area contributed by atoms with Crippen molar-refractivity contribution in [1.29, 1.82) is 0 Å². The number of halogens is 2. The molecule has 0 bridgehead atoms. The summed E-state index contributed by atoms with van der Waals surface area (Å²) >= 11 is 6.57. The summed E-state index contributed by atoms with van der Waals surface area (Å²) in [5.74, 6) is 0.366. The average molecular weight is 364 g/mol. The topological polar surface area (TPSA) is 45.5 Å². The molecule has 1 aliphatic carbocycles. The molecule has 1 spiro atoms. The quantitative estimate of drug-likeness (QED) is 0.833. The van der Waals surface area contributed by atoms with Crippen LogP contribution in [0.15, 0.2) is 19.6 Å². The Kier molecular flexibility index (Phi) is 2.83. The zero-order valence-electron chi connectivity index (χ0n) is 9.13. The van der Waals surface area contributed by atoms with Gasteiger partial charge in [-0.3, -0.25) is 4.79 Å². The smallest absolute Gasteiger partial charge is 0.289 e. The van der Waals surface area contributed by atoms with E-state index in [2.05, 4.69) is 37.2 Å². The van der Waals surface area contributed by atoms with Crippen LogP contribution in [0.3, 0.4) is 0 Å². The van der Waals surface area contributed by atoms with Gasteiger partial charge in [-0.15, -0.1) is 0 Å². The van der Waals surface area contributed by atoms with E-state index in [9.17, 15) is 4.79 Å². The molecule has 4 nitrogen and oxygen atoms in total. The SMILES string of the molecule is O=C(c1cc(Br)c(Br)o1)N1CCNC2(CC2)C1. The van der Waals surface area contributed by atoms with Crippen molar-refractivity contribution in [2.75, 3.05) is 19.6 Å². The summed E-state index contributed by atoms with van der Waals surface area (Å²) in [7, 11) is 0. The number of carbonyl (C=O) groups excluding carboxylic acids is 1. The Morgan fingerprint density at radius 2 is 2.24 bits per heavy atom. The second-order valence-corrected chi connectivity index (χ2v) is 6.24. The Morgan fingerprint density at radius 1 is 1.47 bits per heavy atom. The third-order valence-electron chi connectivity index (χ3n) is 3.37. The first kappa shape index (κ1) is 11.7. The van der Waals surface area contributed by atoms with E-state index in [4.69, 9.17) is 4.42 Å². The monoisotopic (exact) mass is 362 g/mol. The number of nitrogens with zero attached hydrogens (tertiary/aromatic N) is 1. The van der Waals surface area contributed by atoms with Crippen LogP contribution in [0.2, 0.25) is 0 Å². The van der Waals surface area contributed by atoms with Gasteiger partial charge in [0.25, 0.3) is 5.91 Å². The summed E-state index contributed by atoms with van der Waals surface area (Å²) in [6.45, 7) is 2.41. The highest BCUT2D eigenvalue weighted by molar-refractivity contribution is 9.13. The summed E-state index contributed by atoms with van der Waals surface area (Å²) in [4.78, 5) is 14.1. The van der Waals surface area contributed by atoms with Crippen molar-refractivity contribution in [2.45, 2.75) is 18.4 Å². The van der Waals surface area contributed by atoms with Crippen LogP contribution >= 0.6 is 31.9 Å². The molecule has 6 heteroatoms. The fourth-order valence-corrected chi connectivity index (χ4v) is 2.80. The number of hydrogen-bond donors (Lipinski definition) is 1. The molecule has 2 heterocycles. The third-order valence-corrected chi connectivity index (χ3v) is 5.08. The normalized spacial score (nSPS) is 21.9. The van der Waals surface area contributed by atoms with Crippen LogP contribution in [0.25, 0.3) is 0 Å². The molecule has 1 N–H and O–H groups in total. The van der Waals surface area contributed by atoms with Gasteiger partial charge in [0, 0.05) is 31.2 Å². The average Bonchev–Trinajstić information content (AvgIpc) is 2.97. The molecule has 0 radical (unpaired) electrons. The van der Waals surface area contributed by atoms with Crippen LogP contribution in [-0.2, 0) is 0 Å². The second kappa shape index (κ2) is 4.10. The Hall–Kier alpha value is -0.330. The van der Waals surface area contributed by atoms with Gasteiger partial charge in [0.05, 0.1) is 4.47 Å². The largest absolute Gasteiger partial charge is 0.443 e. The maximum absolute atomic E-state index is 12.2. The zero-order valence-corrected chi connectivity index (χ0v) is 12.3. The highest BCUT2D eigenvalue weighted by Gasteiger charge is 2.46. The van der Waals surface area contributed by atoms with Crippen molar-refractivity contribution in [1.82, 2.24) is 10.2 Å². The fraction of sp³-hybridized carbons (Fsp3) is 0.545. The minimum atomic E-state index is -0.0239. The Balaban J connectivity index is 1.77. The molecule has 3 rings (SSSR count). The van der Waals surface area contributed by atoms with E-state index in [1.165, 1.54) is 12.8 Å². The minimum absolute atomic E-state index is 0.0239.